The normalized spacial score (nSPS) is 12.0. The van der Waals surface area contributed by atoms with E-state index in [2.05, 4.69) is 37.7 Å². The van der Waals surface area contributed by atoms with E-state index in [1.165, 1.54) is 6.20 Å². The zero-order valence-electron chi connectivity index (χ0n) is 7.13. The molecule has 0 saturated carbocycles. The average molecular weight is 141 g/mol. The maximum absolute atomic E-state index is 3.85. The van der Waals surface area contributed by atoms with Gasteiger partial charge in [-0.05, 0) is 20.8 Å². The first-order chi connectivity index (χ1) is 4.48. The minimum atomic E-state index is 0.0342. The van der Waals surface area contributed by atoms with Crippen molar-refractivity contribution in [3.8, 4) is 0 Å². The summed E-state index contributed by atoms with van der Waals surface area (Å²) in [5, 5.41) is 9.29. The highest BCUT2D eigenvalue weighted by atomic mass is 15.5. The highest BCUT2D eigenvalue weighted by Gasteiger charge is 2.14. The molecule has 0 atom stereocenters. The Morgan fingerprint density at radius 1 is 1.40 bits per heavy atom. The smallest absolute Gasteiger partial charge is 0.0508 e. The monoisotopic (exact) mass is 141 g/mol. The minimum absolute atomic E-state index is 0.0342. The second-order valence-corrected chi connectivity index (χ2v) is 3.08. The predicted molar refractivity (Wildman–Crippen MR) is 42.6 cm³/mol. The third-order valence-corrected chi connectivity index (χ3v) is 1.24. The SMILES string of the molecule is C=CN=NN(C)C(C)(C)C. The van der Waals surface area contributed by atoms with Gasteiger partial charge in [0.25, 0.3) is 0 Å². The maximum Gasteiger partial charge on any atom is 0.0508 e. The van der Waals surface area contributed by atoms with Crippen molar-refractivity contribution >= 4 is 0 Å². The van der Waals surface area contributed by atoms with Crippen molar-refractivity contribution in [1.82, 2.24) is 5.01 Å². The molecule has 0 N–H and O–H groups in total. The van der Waals surface area contributed by atoms with E-state index in [1.807, 2.05) is 7.05 Å². The van der Waals surface area contributed by atoms with Gasteiger partial charge in [0.15, 0.2) is 0 Å². The Kier molecular flexibility index (Phi) is 3.06. The van der Waals surface area contributed by atoms with Crippen LogP contribution < -0.4 is 0 Å². The van der Waals surface area contributed by atoms with Crippen LogP contribution in [0.4, 0.5) is 0 Å². The molecule has 0 spiro atoms. The Hall–Kier alpha value is -0.860. The third kappa shape index (κ3) is 3.22. The van der Waals surface area contributed by atoms with E-state index in [1.54, 1.807) is 5.01 Å². The first kappa shape index (κ1) is 9.14. The first-order valence-electron chi connectivity index (χ1n) is 3.24. The van der Waals surface area contributed by atoms with Crippen molar-refractivity contribution in [3.05, 3.63) is 12.8 Å². The fraction of sp³-hybridized carbons (Fsp3) is 0.714. The van der Waals surface area contributed by atoms with E-state index in [4.69, 9.17) is 0 Å². The molecule has 0 unspecified atom stereocenters. The van der Waals surface area contributed by atoms with Gasteiger partial charge >= 0.3 is 0 Å². The molecule has 0 aromatic heterocycles. The summed E-state index contributed by atoms with van der Waals surface area (Å²) < 4.78 is 0. The Morgan fingerprint density at radius 3 is 2.20 bits per heavy atom. The first-order valence-corrected chi connectivity index (χ1v) is 3.24. The molecule has 0 saturated heterocycles. The van der Waals surface area contributed by atoms with Gasteiger partial charge < -0.3 is 0 Å². The van der Waals surface area contributed by atoms with Gasteiger partial charge in [-0.25, -0.2) is 0 Å². The van der Waals surface area contributed by atoms with E-state index < -0.39 is 0 Å². The van der Waals surface area contributed by atoms with Crippen LogP contribution in [0.1, 0.15) is 20.8 Å². The summed E-state index contributed by atoms with van der Waals surface area (Å²) >= 11 is 0. The summed E-state index contributed by atoms with van der Waals surface area (Å²) in [5.41, 5.74) is 0.0342. The lowest BCUT2D eigenvalue weighted by Gasteiger charge is -2.27. The lowest BCUT2D eigenvalue weighted by atomic mass is 10.1. The number of nitrogens with zero attached hydrogens (tertiary/aromatic N) is 3. The summed E-state index contributed by atoms with van der Waals surface area (Å²) in [6.45, 7) is 9.62. The van der Waals surface area contributed by atoms with Gasteiger partial charge in [-0.1, -0.05) is 11.8 Å². The van der Waals surface area contributed by atoms with Crippen LogP contribution in [0.15, 0.2) is 23.1 Å². The Balaban J connectivity index is 3.96. The molecular weight excluding hydrogens is 126 g/mol. The zero-order chi connectivity index (χ0) is 8.20. The molecule has 0 heterocycles. The lowest BCUT2D eigenvalue weighted by Crippen LogP contribution is -2.33. The molecule has 0 rings (SSSR count). The Bertz CT molecular complexity index is 132. The molecule has 0 aliphatic rings. The van der Waals surface area contributed by atoms with Crippen LogP contribution in [0.2, 0.25) is 0 Å². The standard InChI is InChI=1S/C7H15N3/c1-6-8-9-10(5)7(2,3)4/h6H,1H2,2-5H3. The van der Waals surface area contributed by atoms with Gasteiger partial charge in [-0.15, -0.1) is 5.11 Å². The van der Waals surface area contributed by atoms with Gasteiger partial charge in [-0.2, -0.15) is 0 Å². The fourth-order valence-corrected chi connectivity index (χ4v) is 0.248. The Morgan fingerprint density at radius 2 is 1.90 bits per heavy atom. The van der Waals surface area contributed by atoms with Crippen LogP contribution in [0, 0.1) is 0 Å². The van der Waals surface area contributed by atoms with Crippen molar-refractivity contribution in [2.45, 2.75) is 26.3 Å². The van der Waals surface area contributed by atoms with Gasteiger partial charge in [0.05, 0.1) is 5.54 Å². The second-order valence-electron chi connectivity index (χ2n) is 3.08. The molecule has 0 aliphatic carbocycles. The largest absolute Gasteiger partial charge is 0.276 e. The van der Waals surface area contributed by atoms with Crippen LogP contribution >= 0.6 is 0 Å². The number of hydrogen-bond donors (Lipinski definition) is 0. The van der Waals surface area contributed by atoms with Crippen molar-refractivity contribution < 1.29 is 0 Å². The third-order valence-electron chi connectivity index (χ3n) is 1.24. The molecule has 0 aliphatic heterocycles. The highest BCUT2D eigenvalue weighted by Crippen LogP contribution is 2.10. The Labute approximate surface area is 62.4 Å². The van der Waals surface area contributed by atoms with E-state index in [9.17, 15) is 0 Å². The molecule has 0 aromatic rings. The lowest BCUT2D eigenvalue weighted by molar-refractivity contribution is 0.170. The molecule has 10 heavy (non-hydrogen) atoms. The maximum atomic E-state index is 3.85. The van der Waals surface area contributed by atoms with Gasteiger partial charge in [-0.3, -0.25) is 5.01 Å². The van der Waals surface area contributed by atoms with Crippen LogP contribution in [0.3, 0.4) is 0 Å². The number of hydrogen-bond acceptors (Lipinski definition) is 2. The molecular formula is C7H15N3. The van der Waals surface area contributed by atoms with Crippen LogP contribution in [0.25, 0.3) is 0 Å². The van der Waals surface area contributed by atoms with E-state index in [-0.39, 0.29) is 5.54 Å². The van der Waals surface area contributed by atoms with Crippen molar-refractivity contribution in [3.63, 3.8) is 0 Å². The molecule has 0 radical (unpaired) electrons. The van der Waals surface area contributed by atoms with Crippen molar-refractivity contribution in [1.29, 1.82) is 0 Å². The van der Waals surface area contributed by atoms with Crippen molar-refractivity contribution in [2.75, 3.05) is 7.05 Å². The van der Waals surface area contributed by atoms with E-state index in [0.717, 1.165) is 0 Å². The highest BCUT2D eigenvalue weighted by molar-refractivity contribution is 4.69. The van der Waals surface area contributed by atoms with Gasteiger partial charge in [0, 0.05) is 13.2 Å². The quantitative estimate of drug-likeness (QED) is 0.428. The van der Waals surface area contributed by atoms with E-state index >= 15 is 0 Å². The van der Waals surface area contributed by atoms with Crippen LogP contribution in [-0.4, -0.2) is 17.6 Å². The summed E-state index contributed by atoms with van der Waals surface area (Å²) in [6.07, 6.45) is 1.42. The van der Waals surface area contributed by atoms with E-state index in [0.29, 0.717) is 0 Å². The van der Waals surface area contributed by atoms with Gasteiger partial charge in [0.1, 0.15) is 0 Å². The fourth-order valence-electron chi connectivity index (χ4n) is 0.248. The topological polar surface area (TPSA) is 28.0 Å². The molecule has 3 heteroatoms. The van der Waals surface area contributed by atoms with Crippen LogP contribution in [0.5, 0.6) is 0 Å². The summed E-state index contributed by atoms with van der Waals surface area (Å²) in [5.74, 6) is 0. The molecule has 3 nitrogen and oxygen atoms in total. The predicted octanol–water partition coefficient (Wildman–Crippen LogP) is 2.23. The summed E-state index contributed by atoms with van der Waals surface area (Å²) in [4.78, 5) is 0. The number of rotatable bonds is 2. The molecule has 0 fully saturated rings. The van der Waals surface area contributed by atoms with Crippen LogP contribution in [-0.2, 0) is 0 Å². The minimum Gasteiger partial charge on any atom is -0.276 e. The van der Waals surface area contributed by atoms with Gasteiger partial charge in [0.2, 0.25) is 0 Å². The van der Waals surface area contributed by atoms with Crippen molar-refractivity contribution in [2.24, 2.45) is 10.3 Å². The molecule has 0 amide bonds. The molecule has 0 aromatic carbocycles. The summed E-state index contributed by atoms with van der Waals surface area (Å²) in [6, 6.07) is 0. The molecule has 58 valence electrons. The second kappa shape index (κ2) is 3.34. The molecule has 0 bridgehead atoms. The summed E-state index contributed by atoms with van der Waals surface area (Å²) in [7, 11) is 1.88. The zero-order valence-corrected chi connectivity index (χ0v) is 7.13. The average Bonchev–Trinajstić information content (AvgIpc) is 1.80.